The number of methoxy groups -OCH3 is 1. The number of hydrogen-bond acceptors (Lipinski definition) is 6. The van der Waals surface area contributed by atoms with Crippen LogP contribution in [-0.4, -0.2) is 23.8 Å². The van der Waals surface area contributed by atoms with Gasteiger partial charge in [0.1, 0.15) is 17.4 Å². The zero-order valence-corrected chi connectivity index (χ0v) is 18.0. The van der Waals surface area contributed by atoms with Gasteiger partial charge in [0.05, 0.1) is 30.4 Å². The van der Waals surface area contributed by atoms with Crippen LogP contribution >= 0.6 is 0 Å². The number of pyridine rings is 1. The molecule has 32 heavy (non-hydrogen) atoms. The van der Waals surface area contributed by atoms with Gasteiger partial charge in [-0.05, 0) is 37.3 Å². The molecule has 2 aliphatic rings. The van der Waals surface area contributed by atoms with Crippen LogP contribution in [-0.2, 0) is 0 Å². The number of rotatable bonds is 5. The number of hydrogen-bond donors (Lipinski definition) is 3. The average molecular weight is 427 g/mol. The summed E-state index contributed by atoms with van der Waals surface area (Å²) in [5.74, 6) is 2.02. The number of para-hydroxylation sites is 1. The number of aryl methyl sites for hydroxylation is 1. The lowest BCUT2D eigenvalue weighted by Gasteiger charge is -2.43. The molecule has 0 bridgehead atoms. The third-order valence-electron chi connectivity index (χ3n) is 6.29. The maximum Gasteiger partial charge on any atom is 0.217 e. The topological polar surface area (TPSA) is 117 Å². The summed E-state index contributed by atoms with van der Waals surface area (Å²) >= 11 is 0. The Bertz CT molecular complexity index is 1210. The summed E-state index contributed by atoms with van der Waals surface area (Å²) < 4.78 is 7.54. The zero-order valence-electron chi connectivity index (χ0n) is 18.0. The Balaban J connectivity index is 2.07. The van der Waals surface area contributed by atoms with Gasteiger partial charge in [0.2, 0.25) is 11.8 Å². The molecule has 7 heteroatoms. The van der Waals surface area contributed by atoms with Crippen molar-refractivity contribution in [2.24, 2.45) is 5.92 Å². The van der Waals surface area contributed by atoms with E-state index < -0.39 is 17.7 Å². The van der Waals surface area contributed by atoms with Crippen LogP contribution in [0.15, 0.2) is 65.6 Å². The van der Waals surface area contributed by atoms with Gasteiger partial charge >= 0.3 is 0 Å². The third-order valence-corrected chi connectivity index (χ3v) is 6.29. The molecule has 7 nitrogen and oxygen atoms in total. The van der Waals surface area contributed by atoms with Crippen molar-refractivity contribution < 1.29 is 14.4 Å². The average Bonchev–Trinajstić information content (AvgIpc) is 3.66. The highest BCUT2D eigenvalue weighted by molar-refractivity contribution is 5.71. The molecule has 3 atom stereocenters. The fourth-order valence-electron chi connectivity index (χ4n) is 4.59. The smallest absolute Gasteiger partial charge is 0.217 e. The molecule has 1 fully saturated rings. The minimum absolute atomic E-state index is 0.0700. The summed E-state index contributed by atoms with van der Waals surface area (Å²) in [6.07, 6.45) is 5.43. The lowest BCUT2D eigenvalue weighted by molar-refractivity contribution is -0.742. The summed E-state index contributed by atoms with van der Waals surface area (Å²) in [5, 5.41) is 42.6. The molecule has 160 valence electrons. The van der Waals surface area contributed by atoms with Gasteiger partial charge in [0.25, 0.3) is 0 Å². The molecule has 1 aliphatic carbocycles. The molecule has 2 heterocycles. The van der Waals surface area contributed by atoms with E-state index in [1.54, 1.807) is 7.11 Å². The molecule has 3 N–H and O–H groups in total. The van der Waals surface area contributed by atoms with Crippen molar-refractivity contribution in [3.63, 3.8) is 0 Å². The minimum atomic E-state index is -1.44. The Morgan fingerprint density at radius 3 is 2.47 bits per heavy atom. The van der Waals surface area contributed by atoms with E-state index in [9.17, 15) is 15.6 Å². The first-order valence-corrected chi connectivity index (χ1v) is 10.4. The molecule has 1 aromatic carbocycles. The van der Waals surface area contributed by atoms with Crippen molar-refractivity contribution in [3.05, 3.63) is 76.8 Å². The first-order chi connectivity index (χ1) is 15.5. The van der Waals surface area contributed by atoms with Crippen molar-refractivity contribution in [2.45, 2.75) is 37.5 Å². The number of nitriles is 2. The van der Waals surface area contributed by atoms with E-state index in [2.05, 4.69) is 17.3 Å². The Hall–Kier alpha value is -3.90. The normalized spacial score (nSPS) is 24.5. The van der Waals surface area contributed by atoms with E-state index in [1.807, 2.05) is 66.4 Å². The number of allylic oxidation sites excluding steroid dienone is 2. The molecule has 1 saturated carbocycles. The number of nitrogens with zero attached hydrogens (tertiary/aromatic N) is 3. The minimum Gasteiger partial charge on any atom is -0.496 e. The number of ether oxygens (including phenoxy) is 1. The fraction of sp³-hybridized carbons (Fsp3) is 0.320. The van der Waals surface area contributed by atoms with Crippen molar-refractivity contribution >= 4 is 5.87 Å². The SMILES string of the molecule is COc1ccccc1[C@@H]1C(C#N)=C(C(=C=N)C#N)N[C@@](O)(C2CC2)[C@@H]1[n+]1ccc(C)cc1. The van der Waals surface area contributed by atoms with Crippen molar-refractivity contribution in [3.8, 4) is 17.9 Å². The number of aliphatic hydroxyl groups is 1. The van der Waals surface area contributed by atoms with Gasteiger partial charge < -0.3 is 15.2 Å². The molecule has 4 rings (SSSR count). The van der Waals surface area contributed by atoms with Gasteiger partial charge in [-0.1, -0.05) is 18.2 Å². The first kappa shape index (κ1) is 21.3. The van der Waals surface area contributed by atoms with Crippen molar-refractivity contribution in [2.75, 3.05) is 7.11 Å². The zero-order chi connectivity index (χ0) is 22.9. The molecule has 1 aromatic heterocycles. The van der Waals surface area contributed by atoms with Gasteiger partial charge in [-0.25, -0.2) is 0 Å². The van der Waals surface area contributed by atoms with E-state index in [4.69, 9.17) is 10.1 Å². The van der Waals surface area contributed by atoms with Crippen LogP contribution in [0.25, 0.3) is 0 Å². The molecule has 2 aromatic rings. The third kappa shape index (κ3) is 3.44. The quantitative estimate of drug-likeness (QED) is 0.386. The van der Waals surface area contributed by atoms with Crippen LogP contribution in [0.5, 0.6) is 5.75 Å². The van der Waals surface area contributed by atoms with Gasteiger partial charge in [0, 0.05) is 23.6 Å². The van der Waals surface area contributed by atoms with Crippen LogP contribution in [0.4, 0.5) is 0 Å². The molecular formula is C25H24N5O2+. The Kier molecular flexibility index (Phi) is 5.55. The molecule has 0 radical (unpaired) electrons. The maximum absolute atomic E-state index is 12.1. The standard InChI is InChI=1S/C25H24N5O2/c1-16-9-11-30(12-10-16)24-22(19-5-3-4-6-21(19)32-2)20(15-28)23(17(13-26)14-27)29-25(24,31)18-7-8-18/h3-6,9-12,18,22,24,26,29,31H,7-8H2,1-2H3/q+1/t22-,24-,25-/m1/s1. The summed E-state index contributed by atoms with van der Waals surface area (Å²) in [5.41, 5.74) is 0.649. The van der Waals surface area contributed by atoms with Crippen LogP contribution < -0.4 is 14.6 Å². The molecular weight excluding hydrogens is 402 g/mol. The molecule has 0 spiro atoms. The highest BCUT2D eigenvalue weighted by atomic mass is 16.5. The lowest BCUT2D eigenvalue weighted by atomic mass is 9.73. The molecule has 0 saturated heterocycles. The van der Waals surface area contributed by atoms with E-state index in [1.165, 1.54) is 0 Å². The summed E-state index contributed by atoms with van der Waals surface area (Å²) in [6.45, 7) is 1.99. The van der Waals surface area contributed by atoms with Gasteiger partial charge in [-0.3, -0.25) is 5.41 Å². The number of aromatic nitrogens is 1. The van der Waals surface area contributed by atoms with Crippen LogP contribution in [0.1, 0.15) is 35.9 Å². The van der Waals surface area contributed by atoms with Crippen LogP contribution in [0.2, 0.25) is 0 Å². The second kappa shape index (κ2) is 8.32. The van der Waals surface area contributed by atoms with E-state index in [0.29, 0.717) is 5.75 Å². The highest BCUT2D eigenvalue weighted by Crippen LogP contribution is 2.53. The molecule has 0 amide bonds. The van der Waals surface area contributed by atoms with E-state index in [0.717, 1.165) is 24.0 Å². The van der Waals surface area contributed by atoms with Gasteiger partial charge in [-0.15, -0.1) is 0 Å². The predicted molar refractivity (Wildman–Crippen MR) is 116 cm³/mol. The van der Waals surface area contributed by atoms with Crippen molar-refractivity contribution in [1.82, 2.24) is 5.32 Å². The predicted octanol–water partition coefficient (Wildman–Crippen LogP) is 2.79. The van der Waals surface area contributed by atoms with Crippen molar-refractivity contribution in [1.29, 1.82) is 15.9 Å². The largest absolute Gasteiger partial charge is 0.496 e. The highest BCUT2D eigenvalue weighted by Gasteiger charge is 2.61. The Labute approximate surface area is 187 Å². The monoisotopic (exact) mass is 426 g/mol. The molecule has 0 unspecified atom stereocenters. The molecule has 1 aliphatic heterocycles. The summed E-state index contributed by atoms with van der Waals surface area (Å²) in [7, 11) is 1.57. The Morgan fingerprint density at radius 2 is 1.91 bits per heavy atom. The summed E-state index contributed by atoms with van der Waals surface area (Å²) in [6, 6.07) is 14.9. The van der Waals surface area contributed by atoms with Crippen LogP contribution in [0.3, 0.4) is 0 Å². The second-order valence-electron chi connectivity index (χ2n) is 8.22. The van der Waals surface area contributed by atoms with Gasteiger partial charge in [0.15, 0.2) is 12.4 Å². The fourth-order valence-corrected chi connectivity index (χ4v) is 4.59. The maximum atomic E-state index is 12.1. The Morgan fingerprint density at radius 1 is 1.22 bits per heavy atom. The van der Waals surface area contributed by atoms with E-state index in [-0.39, 0.29) is 22.8 Å². The number of nitrogens with one attached hydrogen (secondary N) is 2. The van der Waals surface area contributed by atoms with Gasteiger partial charge in [-0.2, -0.15) is 15.1 Å². The summed E-state index contributed by atoms with van der Waals surface area (Å²) in [4.78, 5) is 0. The first-order valence-electron chi connectivity index (χ1n) is 10.4. The lowest BCUT2D eigenvalue weighted by Crippen LogP contribution is -2.66. The number of benzene rings is 1. The van der Waals surface area contributed by atoms with E-state index >= 15 is 0 Å². The second-order valence-corrected chi connectivity index (χ2v) is 8.22. The van der Waals surface area contributed by atoms with Crippen LogP contribution in [0, 0.1) is 40.9 Å².